The molecule has 0 aromatic carbocycles. The predicted molar refractivity (Wildman–Crippen MR) is 69.9 cm³/mol. The highest BCUT2D eigenvalue weighted by molar-refractivity contribution is 9.10. The van der Waals surface area contributed by atoms with Crippen LogP contribution in [0.3, 0.4) is 0 Å². The molecular formula is C13H10BrF3N2O. The summed E-state index contributed by atoms with van der Waals surface area (Å²) in [5.41, 5.74) is -0.302. The molecule has 2 heterocycles. The number of fused-ring (bicyclic) bond motifs is 1. The van der Waals surface area contributed by atoms with Crippen LogP contribution in [0.1, 0.15) is 41.5 Å². The van der Waals surface area contributed by atoms with E-state index >= 15 is 0 Å². The molecule has 0 radical (unpaired) electrons. The molecule has 7 heteroatoms. The van der Waals surface area contributed by atoms with Gasteiger partial charge < -0.3 is 4.40 Å². The quantitative estimate of drug-likeness (QED) is 0.767. The smallest absolute Gasteiger partial charge is 0.302 e. The normalized spacial score (nSPS) is 16.4. The summed E-state index contributed by atoms with van der Waals surface area (Å²) in [6.07, 6.45) is -0.422. The number of aromatic nitrogens is 2. The summed E-state index contributed by atoms with van der Waals surface area (Å²) >= 11 is 3.29. The van der Waals surface area contributed by atoms with E-state index in [1.165, 1.54) is 6.07 Å². The summed E-state index contributed by atoms with van der Waals surface area (Å²) in [5, 5.41) is 0. The summed E-state index contributed by atoms with van der Waals surface area (Å²) < 4.78 is 40.2. The Morgan fingerprint density at radius 2 is 2.05 bits per heavy atom. The Labute approximate surface area is 120 Å². The number of hydrogen-bond acceptors (Lipinski definition) is 2. The molecule has 3 rings (SSSR count). The third kappa shape index (κ3) is 2.13. The molecule has 0 spiro atoms. The third-order valence-corrected chi connectivity index (χ3v) is 4.04. The maximum Gasteiger partial charge on any atom is 0.456 e. The zero-order chi connectivity index (χ0) is 14.5. The number of hydrogen-bond donors (Lipinski definition) is 0. The first-order valence-electron chi connectivity index (χ1n) is 6.17. The molecule has 0 bridgehead atoms. The lowest BCUT2D eigenvalue weighted by molar-refractivity contribution is -0.0887. The van der Waals surface area contributed by atoms with E-state index < -0.39 is 17.7 Å². The lowest BCUT2D eigenvalue weighted by atomic mass is 9.85. The van der Waals surface area contributed by atoms with Crippen LogP contribution < -0.4 is 0 Å². The molecular weight excluding hydrogens is 337 g/mol. The van der Waals surface area contributed by atoms with Crippen LogP contribution >= 0.6 is 15.9 Å². The number of rotatable bonds is 2. The topological polar surface area (TPSA) is 34.4 Å². The number of pyridine rings is 1. The lowest BCUT2D eigenvalue weighted by Gasteiger charge is -2.23. The van der Waals surface area contributed by atoms with Crippen LogP contribution in [-0.2, 0) is 0 Å². The third-order valence-electron chi connectivity index (χ3n) is 3.57. The molecule has 2 aromatic rings. The minimum absolute atomic E-state index is 0.131. The average Bonchev–Trinajstić information content (AvgIpc) is 2.64. The monoisotopic (exact) mass is 346 g/mol. The first-order valence-corrected chi connectivity index (χ1v) is 6.96. The molecule has 20 heavy (non-hydrogen) atoms. The van der Waals surface area contributed by atoms with Gasteiger partial charge in [-0.05, 0) is 40.9 Å². The number of nitrogens with zero attached hydrogens (tertiary/aromatic N) is 2. The van der Waals surface area contributed by atoms with Gasteiger partial charge in [-0.15, -0.1) is 0 Å². The predicted octanol–water partition coefficient (Wildman–Crippen LogP) is 4.11. The van der Waals surface area contributed by atoms with Gasteiger partial charge in [0.1, 0.15) is 11.5 Å². The summed E-state index contributed by atoms with van der Waals surface area (Å²) in [6.45, 7) is 0. The number of carbonyl (C=O) groups excluding carboxylic acids is 1. The highest BCUT2D eigenvalue weighted by Crippen LogP contribution is 2.37. The zero-order valence-corrected chi connectivity index (χ0v) is 11.8. The minimum Gasteiger partial charge on any atom is -0.302 e. The Hall–Kier alpha value is -1.37. The van der Waals surface area contributed by atoms with E-state index in [0.29, 0.717) is 5.82 Å². The second-order valence-corrected chi connectivity index (χ2v) is 5.79. The first-order chi connectivity index (χ1) is 9.38. The molecule has 106 valence electrons. The number of alkyl halides is 3. The molecule has 0 saturated heterocycles. The van der Waals surface area contributed by atoms with Crippen LogP contribution in [0, 0.1) is 0 Å². The Bertz CT molecular complexity index is 689. The average molecular weight is 347 g/mol. The van der Waals surface area contributed by atoms with Crippen LogP contribution in [0.25, 0.3) is 5.52 Å². The van der Waals surface area contributed by atoms with Crippen molar-refractivity contribution in [2.75, 3.05) is 0 Å². The molecule has 0 atom stereocenters. The second kappa shape index (κ2) is 4.58. The molecule has 0 N–H and O–H groups in total. The maximum absolute atomic E-state index is 12.6. The van der Waals surface area contributed by atoms with Gasteiger partial charge >= 0.3 is 6.18 Å². The highest BCUT2D eigenvalue weighted by atomic mass is 79.9. The number of ketones is 1. The fraction of sp³-hybridized carbons (Fsp3) is 0.385. The van der Waals surface area contributed by atoms with Gasteiger partial charge in [0.15, 0.2) is 0 Å². The molecule has 3 nitrogen and oxygen atoms in total. The zero-order valence-electron chi connectivity index (χ0n) is 10.2. The summed E-state index contributed by atoms with van der Waals surface area (Å²) in [4.78, 5) is 15.5. The van der Waals surface area contributed by atoms with Crippen molar-refractivity contribution in [3.8, 4) is 0 Å². The summed E-state index contributed by atoms with van der Waals surface area (Å²) in [7, 11) is 0. The molecule has 2 aromatic heterocycles. The van der Waals surface area contributed by atoms with Gasteiger partial charge in [0.05, 0.1) is 5.52 Å². The van der Waals surface area contributed by atoms with Gasteiger partial charge in [-0.3, -0.25) is 4.79 Å². The van der Waals surface area contributed by atoms with Crippen molar-refractivity contribution in [1.82, 2.24) is 9.38 Å². The Morgan fingerprint density at radius 1 is 1.35 bits per heavy atom. The fourth-order valence-corrected chi connectivity index (χ4v) is 2.68. The van der Waals surface area contributed by atoms with Crippen molar-refractivity contribution in [3.63, 3.8) is 0 Å². The number of carbonyl (C=O) groups is 1. The van der Waals surface area contributed by atoms with Crippen LogP contribution in [0.2, 0.25) is 0 Å². The number of imidazole rings is 1. The molecule has 1 aliphatic rings. The van der Waals surface area contributed by atoms with Crippen LogP contribution in [0.5, 0.6) is 0 Å². The van der Waals surface area contributed by atoms with E-state index in [1.54, 1.807) is 16.7 Å². The van der Waals surface area contributed by atoms with Crippen LogP contribution in [0.15, 0.2) is 22.8 Å². The van der Waals surface area contributed by atoms with Crippen LogP contribution in [0.4, 0.5) is 13.2 Å². The molecule has 1 saturated carbocycles. The lowest BCUT2D eigenvalue weighted by Crippen LogP contribution is -2.23. The van der Waals surface area contributed by atoms with Gasteiger partial charge in [0.25, 0.3) is 5.78 Å². The number of halogens is 4. The van der Waals surface area contributed by atoms with E-state index in [4.69, 9.17) is 0 Å². The second-order valence-electron chi connectivity index (χ2n) is 4.88. The highest BCUT2D eigenvalue weighted by Gasteiger charge is 2.42. The Kier molecular flexibility index (Phi) is 3.12. The van der Waals surface area contributed by atoms with Crippen molar-refractivity contribution in [1.29, 1.82) is 0 Å². The van der Waals surface area contributed by atoms with Crippen molar-refractivity contribution < 1.29 is 18.0 Å². The van der Waals surface area contributed by atoms with E-state index in [2.05, 4.69) is 20.9 Å². The van der Waals surface area contributed by atoms with Gasteiger partial charge in [0.2, 0.25) is 0 Å². The molecule has 1 aliphatic carbocycles. The Morgan fingerprint density at radius 3 is 2.60 bits per heavy atom. The standard InChI is InChI=1S/C13H10BrF3N2O/c14-8-4-5-9-10(11(20)13(15,16)17)18-12(19(9)6-8)7-2-1-3-7/h4-7H,1-3H2. The van der Waals surface area contributed by atoms with E-state index in [-0.39, 0.29) is 11.4 Å². The van der Waals surface area contributed by atoms with Crippen molar-refractivity contribution in [3.05, 3.63) is 34.3 Å². The van der Waals surface area contributed by atoms with Gasteiger partial charge in [-0.2, -0.15) is 13.2 Å². The molecule has 1 fully saturated rings. The van der Waals surface area contributed by atoms with Crippen molar-refractivity contribution in [2.45, 2.75) is 31.4 Å². The molecule has 0 amide bonds. The van der Waals surface area contributed by atoms with Crippen molar-refractivity contribution >= 4 is 27.2 Å². The maximum atomic E-state index is 12.6. The summed E-state index contributed by atoms with van der Waals surface area (Å²) in [5.74, 6) is -1.21. The van der Waals surface area contributed by atoms with E-state index in [0.717, 1.165) is 23.7 Å². The minimum atomic E-state index is -4.90. The molecule has 0 unspecified atom stereocenters. The fourth-order valence-electron chi connectivity index (χ4n) is 2.34. The number of Topliss-reactive ketones (excluding diaryl/α,β-unsaturated/α-hetero) is 1. The van der Waals surface area contributed by atoms with Gasteiger partial charge in [-0.25, -0.2) is 4.98 Å². The van der Waals surface area contributed by atoms with Crippen molar-refractivity contribution in [2.24, 2.45) is 0 Å². The Balaban J connectivity index is 2.20. The summed E-state index contributed by atoms with van der Waals surface area (Å²) in [6, 6.07) is 3.09. The van der Waals surface area contributed by atoms with E-state index in [1.807, 2.05) is 0 Å². The van der Waals surface area contributed by atoms with E-state index in [9.17, 15) is 18.0 Å². The SMILES string of the molecule is O=C(c1nc(C2CCC2)n2cc(Br)ccc12)C(F)(F)F. The first kappa shape index (κ1) is 13.6. The van der Waals surface area contributed by atoms with Gasteiger partial charge in [0, 0.05) is 16.6 Å². The van der Waals surface area contributed by atoms with Gasteiger partial charge in [-0.1, -0.05) is 6.42 Å². The largest absolute Gasteiger partial charge is 0.456 e. The van der Waals surface area contributed by atoms with Crippen LogP contribution in [-0.4, -0.2) is 21.3 Å². The molecule has 0 aliphatic heterocycles.